The van der Waals surface area contributed by atoms with E-state index in [2.05, 4.69) is 34.9 Å². The topological polar surface area (TPSA) is 24.1 Å². The van der Waals surface area contributed by atoms with Gasteiger partial charge >= 0.3 is 0 Å². The molecule has 2 N–H and O–H groups in total. The summed E-state index contributed by atoms with van der Waals surface area (Å²) in [5.74, 6) is 1.02. The van der Waals surface area contributed by atoms with Gasteiger partial charge in [0.1, 0.15) is 0 Å². The van der Waals surface area contributed by atoms with Gasteiger partial charge < -0.3 is 10.6 Å². The molecule has 0 spiro atoms. The SMILES string of the molecule is c1ccc2c(c1)CCNC2CNCCC1CCC1. The van der Waals surface area contributed by atoms with E-state index in [4.69, 9.17) is 0 Å². The lowest BCUT2D eigenvalue weighted by Gasteiger charge is -2.28. The van der Waals surface area contributed by atoms with E-state index in [1.807, 2.05) is 0 Å². The van der Waals surface area contributed by atoms with Crippen LogP contribution in [0.15, 0.2) is 24.3 Å². The first-order valence-corrected chi connectivity index (χ1v) is 7.45. The van der Waals surface area contributed by atoms with E-state index < -0.39 is 0 Å². The summed E-state index contributed by atoms with van der Waals surface area (Å²) in [6.45, 7) is 3.38. The van der Waals surface area contributed by atoms with E-state index in [-0.39, 0.29) is 0 Å². The second-order valence-electron chi connectivity index (χ2n) is 5.75. The van der Waals surface area contributed by atoms with Gasteiger partial charge in [-0.1, -0.05) is 43.5 Å². The van der Waals surface area contributed by atoms with Crippen molar-refractivity contribution >= 4 is 0 Å². The molecule has 1 unspecified atom stereocenters. The highest BCUT2D eigenvalue weighted by Crippen LogP contribution is 2.28. The van der Waals surface area contributed by atoms with Crippen LogP contribution in [-0.2, 0) is 6.42 Å². The van der Waals surface area contributed by atoms with Gasteiger partial charge in [0.25, 0.3) is 0 Å². The van der Waals surface area contributed by atoms with Crippen LogP contribution in [0.2, 0.25) is 0 Å². The summed E-state index contributed by atoms with van der Waals surface area (Å²) in [7, 11) is 0. The molecule has 1 atom stereocenters. The zero-order valence-electron chi connectivity index (χ0n) is 11.1. The van der Waals surface area contributed by atoms with Crippen molar-refractivity contribution in [2.75, 3.05) is 19.6 Å². The van der Waals surface area contributed by atoms with Gasteiger partial charge in [0, 0.05) is 12.6 Å². The molecule has 0 amide bonds. The third-order valence-electron chi connectivity index (χ3n) is 4.52. The summed E-state index contributed by atoms with van der Waals surface area (Å²) in [4.78, 5) is 0. The van der Waals surface area contributed by atoms with Crippen molar-refractivity contribution < 1.29 is 0 Å². The third kappa shape index (κ3) is 2.76. The molecule has 0 aromatic heterocycles. The summed E-state index contributed by atoms with van der Waals surface area (Å²) in [5.41, 5.74) is 3.03. The minimum absolute atomic E-state index is 0.511. The first-order valence-electron chi connectivity index (χ1n) is 7.45. The molecule has 2 nitrogen and oxygen atoms in total. The van der Waals surface area contributed by atoms with Gasteiger partial charge in [-0.05, 0) is 43.0 Å². The largest absolute Gasteiger partial charge is 0.315 e. The smallest absolute Gasteiger partial charge is 0.0449 e. The molecular weight excluding hydrogens is 220 g/mol. The zero-order valence-corrected chi connectivity index (χ0v) is 11.1. The number of nitrogens with one attached hydrogen (secondary N) is 2. The molecular formula is C16H24N2. The molecule has 3 rings (SSSR count). The van der Waals surface area contributed by atoms with E-state index in [1.54, 1.807) is 0 Å². The Hall–Kier alpha value is -0.860. The monoisotopic (exact) mass is 244 g/mol. The number of rotatable bonds is 5. The highest BCUT2D eigenvalue weighted by molar-refractivity contribution is 5.32. The van der Waals surface area contributed by atoms with Gasteiger partial charge in [0.2, 0.25) is 0 Å². The van der Waals surface area contributed by atoms with E-state index in [1.165, 1.54) is 49.8 Å². The predicted molar refractivity (Wildman–Crippen MR) is 75.7 cm³/mol. The summed E-state index contributed by atoms with van der Waals surface area (Å²) in [6.07, 6.45) is 6.93. The van der Waals surface area contributed by atoms with Gasteiger partial charge in [-0.15, -0.1) is 0 Å². The van der Waals surface area contributed by atoms with Crippen LogP contribution in [0.1, 0.15) is 42.9 Å². The van der Waals surface area contributed by atoms with Crippen molar-refractivity contribution in [3.05, 3.63) is 35.4 Å². The Morgan fingerprint density at radius 1 is 1.22 bits per heavy atom. The third-order valence-corrected chi connectivity index (χ3v) is 4.52. The molecule has 0 saturated heterocycles. The van der Waals surface area contributed by atoms with Gasteiger partial charge in [0.15, 0.2) is 0 Å². The lowest BCUT2D eigenvalue weighted by atomic mass is 9.83. The van der Waals surface area contributed by atoms with Gasteiger partial charge in [-0.2, -0.15) is 0 Å². The number of hydrogen-bond acceptors (Lipinski definition) is 2. The molecule has 0 radical (unpaired) electrons. The average Bonchev–Trinajstić information content (AvgIpc) is 2.36. The molecule has 98 valence electrons. The Kier molecular flexibility index (Phi) is 3.96. The van der Waals surface area contributed by atoms with E-state index in [0.717, 1.165) is 19.0 Å². The average molecular weight is 244 g/mol. The quantitative estimate of drug-likeness (QED) is 0.778. The highest BCUT2D eigenvalue weighted by atomic mass is 15.0. The molecule has 1 heterocycles. The highest BCUT2D eigenvalue weighted by Gasteiger charge is 2.19. The van der Waals surface area contributed by atoms with Crippen LogP contribution < -0.4 is 10.6 Å². The van der Waals surface area contributed by atoms with Crippen molar-refractivity contribution in [3.63, 3.8) is 0 Å². The first kappa shape index (κ1) is 12.2. The van der Waals surface area contributed by atoms with E-state index in [9.17, 15) is 0 Å². The molecule has 1 aliphatic carbocycles. The maximum atomic E-state index is 3.63. The van der Waals surface area contributed by atoms with Gasteiger partial charge in [-0.25, -0.2) is 0 Å². The zero-order chi connectivity index (χ0) is 12.2. The van der Waals surface area contributed by atoms with E-state index >= 15 is 0 Å². The number of hydrogen-bond donors (Lipinski definition) is 2. The maximum absolute atomic E-state index is 3.63. The Balaban J connectivity index is 1.47. The fourth-order valence-electron chi connectivity index (χ4n) is 3.11. The van der Waals surface area contributed by atoms with Crippen LogP contribution in [0, 0.1) is 5.92 Å². The van der Waals surface area contributed by atoms with Crippen LogP contribution in [0.25, 0.3) is 0 Å². The standard InChI is InChI=1S/C16H24N2/c1-2-7-15-14(6-1)9-11-18-16(15)12-17-10-8-13-4-3-5-13/h1-2,6-7,13,16-18H,3-5,8-12H2. The molecule has 1 aromatic rings. The van der Waals surface area contributed by atoms with Gasteiger partial charge in [0.05, 0.1) is 0 Å². The maximum Gasteiger partial charge on any atom is 0.0449 e. The Labute approximate surface area is 110 Å². The van der Waals surface area contributed by atoms with Crippen LogP contribution in [0.4, 0.5) is 0 Å². The molecule has 1 aromatic carbocycles. The van der Waals surface area contributed by atoms with Crippen LogP contribution >= 0.6 is 0 Å². The normalized spacial score (nSPS) is 23.4. The number of fused-ring (bicyclic) bond motifs is 1. The molecule has 1 saturated carbocycles. The Bertz CT molecular complexity index is 384. The summed E-state index contributed by atoms with van der Waals surface area (Å²) in [5, 5.41) is 7.26. The lowest BCUT2D eigenvalue weighted by Crippen LogP contribution is -2.37. The van der Waals surface area contributed by atoms with Crippen molar-refractivity contribution in [2.45, 2.75) is 38.1 Å². The minimum atomic E-state index is 0.511. The van der Waals surface area contributed by atoms with Crippen LogP contribution in [0.3, 0.4) is 0 Å². The molecule has 1 aliphatic heterocycles. The fourth-order valence-corrected chi connectivity index (χ4v) is 3.11. The Morgan fingerprint density at radius 3 is 2.94 bits per heavy atom. The van der Waals surface area contributed by atoms with Crippen molar-refractivity contribution in [3.8, 4) is 0 Å². The lowest BCUT2D eigenvalue weighted by molar-refractivity contribution is 0.290. The predicted octanol–water partition coefficient (Wildman–Crippen LogP) is 2.65. The summed E-state index contributed by atoms with van der Waals surface area (Å²) < 4.78 is 0. The molecule has 2 aliphatic rings. The molecule has 2 heteroatoms. The summed E-state index contributed by atoms with van der Waals surface area (Å²) in [6, 6.07) is 9.38. The Morgan fingerprint density at radius 2 is 2.11 bits per heavy atom. The van der Waals surface area contributed by atoms with Crippen molar-refractivity contribution in [1.29, 1.82) is 0 Å². The second-order valence-corrected chi connectivity index (χ2v) is 5.75. The second kappa shape index (κ2) is 5.85. The van der Waals surface area contributed by atoms with Crippen LogP contribution in [-0.4, -0.2) is 19.6 Å². The number of benzene rings is 1. The molecule has 1 fully saturated rings. The van der Waals surface area contributed by atoms with Crippen molar-refractivity contribution in [2.24, 2.45) is 5.92 Å². The fraction of sp³-hybridized carbons (Fsp3) is 0.625. The van der Waals surface area contributed by atoms with Crippen LogP contribution in [0.5, 0.6) is 0 Å². The van der Waals surface area contributed by atoms with Crippen molar-refractivity contribution in [1.82, 2.24) is 10.6 Å². The first-order chi connectivity index (χ1) is 8.93. The molecule has 18 heavy (non-hydrogen) atoms. The molecule has 0 bridgehead atoms. The summed E-state index contributed by atoms with van der Waals surface area (Å²) >= 11 is 0. The van der Waals surface area contributed by atoms with Gasteiger partial charge in [-0.3, -0.25) is 0 Å². The van der Waals surface area contributed by atoms with E-state index in [0.29, 0.717) is 6.04 Å². The minimum Gasteiger partial charge on any atom is -0.315 e.